The van der Waals surface area contributed by atoms with E-state index in [1.807, 2.05) is 18.2 Å². The van der Waals surface area contributed by atoms with E-state index in [2.05, 4.69) is 5.32 Å². The molecule has 1 aliphatic carbocycles. The van der Waals surface area contributed by atoms with Gasteiger partial charge >= 0.3 is 5.97 Å². The van der Waals surface area contributed by atoms with Crippen LogP contribution < -0.4 is 5.32 Å². The Balaban J connectivity index is 1.76. The number of rotatable bonds is 5. The van der Waals surface area contributed by atoms with Crippen LogP contribution in [0, 0.1) is 0 Å². The lowest BCUT2D eigenvalue weighted by Crippen LogP contribution is -2.38. The van der Waals surface area contributed by atoms with Gasteiger partial charge in [-0.2, -0.15) is 0 Å². The van der Waals surface area contributed by atoms with Crippen LogP contribution in [0.1, 0.15) is 41.3 Å². The van der Waals surface area contributed by atoms with Gasteiger partial charge in [0, 0.05) is 24.7 Å². The van der Waals surface area contributed by atoms with E-state index in [0.29, 0.717) is 12.2 Å². The van der Waals surface area contributed by atoms with Gasteiger partial charge in [-0.25, -0.2) is 0 Å². The normalized spacial score (nSPS) is 16.4. The van der Waals surface area contributed by atoms with Crippen molar-refractivity contribution in [1.82, 2.24) is 10.2 Å². The van der Waals surface area contributed by atoms with Crippen molar-refractivity contribution in [3.8, 4) is 0 Å². The zero-order valence-electron chi connectivity index (χ0n) is 12.2. The first-order valence-electron chi connectivity index (χ1n) is 7.48. The van der Waals surface area contributed by atoms with Crippen LogP contribution in [0.25, 0.3) is 0 Å². The third-order valence-electron chi connectivity index (χ3n) is 3.94. The Bertz CT molecular complexity index is 567. The molecule has 0 spiro atoms. The molecular formula is C16H20N2O3. The van der Waals surface area contributed by atoms with E-state index in [-0.39, 0.29) is 24.5 Å². The van der Waals surface area contributed by atoms with Crippen molar-refractivity contribution in [2.45, 2.75) is 38.9 Å². The van der Waals surface area contributed by atoms with E-state index in [0.717, 1.165) is 25.9 Å². The van der Waals surface area contributed by atoms with E-state index in [1.165, 1.54) is 11.1 Å². The predicted octanol–water partition coefficient (Wildman–Crippen LogP) is 1.46. The molecule has 1 saturated carbocycles. The number of fused-ring (bicyclic) bond motifs is 1. The summed E-state index contributed by atoms with van der Waals surface area (Å²) >= 11 is 0. The summed E-state index contributed by atoms with van der Waals surface area (Å²) in [7, 11) is 0. The highest BCUT2D eigenvalue weighted by atomic mass is 16.5. The molecule has 1 aromatic rings. The molecule has 112 valence electrons. The molecule has 0 atom stereocenters. The zero-order chi connectivity index (χ0) is 14.8. The summed E-state index contributed by atoms with van der Waals surface area (Å²) in [6.07, 6.45) is 1.94. The smallest absolute Gasteiger partial charge is 0.325 e. The van der Waals surface area contributed by atoms with Gasteiger partial charge in [-0.05, 0) is 43.0 Å². The maximum atomic E-state index is 12.7. The molecule has 1 aliphatic heterocycles. The quantitative estimate of drug-likeness (QED) is 0.833. The second kappa shape index (κ2) is 5.85. The molecule has 2 aliphatic rings. The molecule has 1 aromatic carbocycles. The molecule has 1 heterocycles. The minimum Gasteiger partial charge on any atom is -0.465 e. The minimum atomic E-state index is -0.333. The minimum absolute atomic E-state index is 0.0483. The number of carbonyl (C=O) groups excluding carboxylic acids is 2. The molecule has 5 nitrogen and oxygen atoms in total. The van der Waals surface area contributed by atoms with Crippen molar-refractivity contribution in [3.63, 3.8) is 0 Å². The monoisotopic (exact) mass is 288 g/mol. The third kappa shape index (κ3) is 3.08. The van der Waals surface area contributed by atoms with Crippen LogP contribution in [0.2, 0.25) is 0 Å². The molecule has 1 N–H and O–H groups in total. The van der Waals surface area contributed by atoms with Crippen LogP contribution in [0.3, 0.4) is 0 Å². The third-order valence-corrected chi connectivity index (χ3v) is 3.94. The van der Waals surface area contributed by atoms with Crippen molar-refractivity contribution >= 4 is 11.9 Å². The number of benzene rings is 1. The van der Waals surface area contributed by atoms with E-state index < -0.39 is 0 Å². The lowest BCUT2D eigenvalue weighted by atomic mass is 10.1. The Morgan fingerprint density at radius 2 is 2.05 bits per heavy atom. The van der Waals surface area contributed by atoms with Gasteiger partial charge in [-0.3, -0.25) is 9.59 Å². The molecule has 0 bridgehead atoms. The molecule has 0 unspecified atom stereocenters. The average Bonchev–Trinajstić information content (AvgIpc) is 3.21. The molecule has 1 fully saturated rings. The van der Waals surface area contributed by atoms with Gasteiger partial charge in [0.05, 0.1) is 6.61 Å². The Kier molecular flexibility index (Phi) is 3.92. The Morgan fingerprint density at radius 3 is 2.76 bits per heavy atom. The highest BCUT2D eigenvalue weighted by Gasteiger charge is 2.34. The summed E-state index contributed by atoms with van der Waals surface area (Å²) in [5.41, 5.74) is 3.08. The fraction of sp³-hybridized carbons (Fsp3) is 0.500. The largest absolute Gasteiger partial charge is 0.465 e. The molecule has 3 rings (SSSR count). The lowest BCUT2D eigenvalue weighted by Gasteiger charge is -2.21. The molecule has 5 heteroatoms. The first-order valence-corrected chi connectivity index (χ1v) is 7.48. The highest BCUT2D eigenvalue weighted by molar-refractivity contribution is 5.96. The van der Waals surface area contributed by atoms with Crippen molar-refractivity contribution < 1.29 is 14.3 Å². The van der Waals surface area contributed by atoms with Crippen LogP contribution in [0.15, 0.2) is 18.2 Å². The number of hydrogen-bond donors (Lipinski definition) is 1. The number of amides is 1. The van der Waals surface area contributed by atoms with Crippen LogP contribution in [0.4, 0.5) is 0 Å². The van der Waals surface area contributed by atoms with Crippen LogP contribution in [-0.2, 0) is 22.6 Å². The number of nitrogens with one attached hydrogen (secondary N) is 1. The van der Waals surface area contributed by atoms with Crippen molar-refractivity contribution in [2.75, 3.05) is 13.2 Å². The molecule has 0 saturated heterocycles. The topological polar surface area (TPSA) is 58.6 Å². The van der Waals surface area contributed by atoms with Gasteiger partial charge in [0.1, 0.15) is 6.54 Å². The predicted molar refractivity (Wildman–Crippen MR) is 77.7 cm³/mol. The van der Waals surface area contributed by atoms with Gasteiger partial charge in [-0.15, -0.1) is 0 Å². The molecule has 0 radical (unpaired) electrons. The first-order chi connectivity index (χ1) is 10.2. The van der Waals surface area contributed by atoms with Crippen LogP contribution in [0.5, 0.6) is 0 Å². The van der Waals surface area contributed by atoms with Crippen LogP contribution >= 0.6 is 0 Å². The van der Waals surface area contributed by atoms with E-state index >= 15 is 0 Å². The maximum Gasteiger partial charge on any atom is 0.325 e. The fourth-order valence-electron chi connectivity index (χ4n) is 2.69. The molecule has 0 aromatic heterocycles. The lowest BCUT2D eigenvalue weighted by molar-refractivity contribution is -0.144. The molecule has 1 amide bonds. The van der Waals surface area contributed by atoms with Crippen LogP contribution in [-0.4, -0.2) is 36.0 Å². The summed E-state index contributed by atoms with van der Waals surface area (Å²) in [6.45, 7) is 3.83. The second-order valence-electron chi connectivity index (χ2n) is 5.56. The van der Waals surface area contributed by atoms with Crippen molar-refractivity contribution in [1.29, 1.82) is 0 Å². The zero-order valence-corrected chi connectivity index (χ0v) is 12.2. The standard InChI is InChI=1S/C16H20N2O3/c1-2-21-15(19)10-18(14-5-6-14)16(20)11-3-4-12-8-17-9-13(12)7-11/h3-4,7,14,17H,2,5-6,8-10H2,1H3. The first kappa shape index (κ1) is 14.1. The summed E-state index contributed by atoms with van der Waals surface area (Å²) in [6, 6.07) is 5.98. The number of nitrogens with zero attached hydrogens (tertiary/aromatic N) is 1. The van der Waals surface area contributed by atoms with Crippen molar-refractivity contribution in [3.05, 3.63) is 34.9 Å². The van der Waals surface area contributed by atoms with Gasteiger partial charge in [0.2, 0.25) is 0 Å². The number of ether oxygens (including phenoxy) is 1. The van der Waals surface area contributed by atoms with Gasteiger partial charge in [-0.1, -0.05) is 6.07 Å². The summed E-state index contributed by atoms with van der Waals surface area (Å²) < 4.78 is 4.97. The average molecular weight is 288 g/mol. The Hall–Kier alpha value is -1.88. The van der Waals surface area contributed by atoms with Crippen molar-refractivity contribution in [2.24, 2.45) is 0 Å². The number of carbonyl (C=O) groups is 2. The van der Waals surface area contributed by atoms with E-state index in [9.17, 15) is 9.59 Å². The maximum absolute atomic E-state index is 12.7. The summed E-state index contributed by atoms with van der Waals surface area (Å²) in [5.74, 6) is -0.402. The second-order valence-corrected chi connectivity index (χ2v) is 5.56. The Labute approximate surface area is 124 Å². The number of hydrogen-bond acceptors (Lipinski definition) is 4. The Morgan fingerprint density at radius 1 is 1.29 bits per heavy atom. The number of esters is 1. The van der Waals surface area contributed by atoms with Gasteiger partial charge in [0.25, 0.3) is 5.91 Å². The summed E-state index contributed by atoms with van der Waals surface area (Å²) in [5, 5.41) is 3.27. The van der Waals surface area contributed by atoms with E-state index in [1.54, 1.807) is 11.8 Å². The summed E-state index contributed by atoms with van der Waals surface area (Å²) in [4.78, 5) is 26.0. The molecule has 21 heavy (non-hydrogen) atoms. The SMILES string of the molecule is CCOC(=O)CN(C(=O)c1ccc2c(c1)CNC2)C1CC1. The fourth-order valence-corrected chi connectivity index (χ4v) is 2.69. The van der Waals surface area contributed by atoms with Gasteiger partial charge < -0.3 is 15.0 Å². The van der Waals surface area contributed by atoms with Gasteiger partial charge in [0.15, 0.2) is 0 Å². The molecular weight excluding hydrogens is 268 g/mol. The highest BCUT2D eigenvalue weighted by Crippen LogP contribution is 2.29. The van der Waals surface area contributed by atoms with E-state index in [4.69, 9.17) is 4.74 Å².